The summed E-state index contributed by atoms with van der Waals surface area (Å²) >= 11 is 0. The van der Waals surface area contributed by atoms with Crippen LogP contribution in [-0.4, -0.2) is 6.54 Å². The molecule has 0 unspecified atom stereocenters. The minimum Gasteiger partial charge on any atom is -0.327 e. The third kappa shape index (κ3) is 1.68. The quantitative estimate of drug-likeness (QED) is 0.559. The molecule has 0 fully saturated rings. The van der Waals surface area contributed by atoms with E-state index < -0.39 is 0 Å². The van der Waals surface area contributed by atoms with Gasteiger partial charge in [-0.1, -0.05) is 17.7 Å². The molecule has 9 heavy (non-hydrogen) atoms. The highest BCUT2D eigenvalue weighted by atomic mass is 14.5. The van der Waals surface area contributed by atoms with Crippen molar-refractivity contribution in [3.63, 3.8) is 0 Å². The lowest BCUT2D eigenvalue weighted by molar-refractivity contribution is 1.08. The summed E-state index contributed by atoms with van der Waals surface area (Å²) < 4.78 is 0. The zero-order chi connectivity index (χ0) is 6.69. The second-order valence-corrected chi connectivity index (χ2v) is 2.31. The number of rotatable bonds is 1. The Kier molecular flexibility index (Phi) is 2.06. The van der Waals surface area contributed by atoms with Crippen molar-refractivity contribution in [1.29, 1.82) is 0 Å². The van der Waals surface area contributed by atoms with Crippen molar-refractivity contribution in [1.82, 2.24) is 0 Å². The Labute approximate surface area is 56.2 Å². The summed E-state index contributed by atoms with van der Waals surface area (Å²) in [6.45, 7) is 2.77. The predicted molar refractivity (Wildman–Crippen MR) is 39.8 cm³/mol. The topological polar surface area (TPSA) is 26.0 Å². The van der Waals surface area contributed by atoms with Gasteiger partial charge >= 0.3 is 0 Å². The van der Waals surface area contributed by atoms with Crippen molar-refractivity contribution in [3.8, 4) is 0 Å². The van der Waals surface area contributed by atoms with Crippen LogP contribution in [0.4, 0.5) is 0 Å². The summed E-state index contributed by atoms with van der Waals surface area (Å²) in [4.78, 5) is 0. The molecule has 0 aromatic carbocycles. The highest BCUT2D eigenvalue weighted by molar-refractivity contribution is 5.32. The van der Waals surface area contributed by atoms with Crippen molar-refractivity contribution in [2.45, 2.75) is 13.3 Å². The maximum atomic E-state index is 5.44. The van der Waals surface area contributed by atoms with E-state index in [4.69, 9.17) is 5.73 Å². The van der Waals surface area contributed by atoms with E-state index in [1.54, 1.807) is 0 Å². The lowest BCUT2D eigenvalue weighted by atomic mass is 10.0. The van der Waals surface area contributed by atoms with Gasteiger partial charge in [0.2, 0.25) is 0 Å². The molecule has 1 radical (unpaired) electrons. The molecular formula is C8H12N. The lowest BCUT2D eigenvalue weighted by Gasteiger charge is -2.06. The Balaban J connectivity index is 2.63. The third-order valence-corrected chi connectivity index (χ3v) is 1.47. The Morgan fingerprint density at radius 3 is 2.89 bits per heavy atom. The van der Waals surface area contributed by atoms with E-state index in [1.807, 2.05) is 0 Å². The van der Waals surface area contributed by atoms with Gasteiger partial charge in [-0.3, -0.25) is 0 Å². The van der Waals surface area contributed by atoms with Crippen LogP contribution in [0.2, 0.25) is 0 Å². The summed E-state index contributed by atoms with van der Waals surface area (Å²) in [6, 6.07) is 0. The molecule has 49 valence electrons. The first-order valence-electron chi connectivity index (χ1n) is 3.23. The van der Waals surface area contributed by atoms with Gasteiger partial charge in [0.05, 0.1) is 0 Å². The SMILES string of the molecule is CC1=CC(CN)=CC[CH]1. The van der Waals surface area contributed by atoms with Crippen LogP contribution in [-0.2, 0) is 0 Å². The minimum absolute atomic E-state index is 0.672. The van der Waals surface area contributed by atoms with Crippen LogP contribution in [0.25, 0.3) is 0 Å². The molecule has 1 aliphatic rings. The van der Waals surface area contributed by atoms with E-state index in [9.17, 15) is 0 Å². The molecule has 0 bridgehead atoms. The summed E-state index contributed by atoms with van der Waals surface area (Å²) in [5, 5.41) is 0. The average Bonchev–Trinajstić information content (AvgIpc) is 1.88. The van der Waals surface area contributed by atoms with E-state index in [0.29, 0.717) is 6.54 Å². The fraction of sp³-hybridized carbons (Fsp3) is 0.375. The summed E-state index contributed by atoms with van der Waals surface area (Å²) in [7, 11) is 0. The summed E-state index contributed by atoms with van der Waals surface area (Å²) in [6.07, 6.45) is 7.53. The first-order valence-corrected chi connectivity index (χ1v) is 3.23. The van der Waals surface area contributed by atoms with Crippen molar-refractivity contribution in [3.05, 3.63) is 29.7 Å². The van der Waals surface area contributed by atoms with E-state index >= 15 is 0 Å². The fourth-order valence-electron chi connectivity index (χ4n) is 0.949. The second kappa shape index (κ2) is 2.83. The van der Waals surface area contributed by atoms with Crippen LogP contribution < -0.4 is 5.73 Å². The molecule has 1 nitrogen and oxygen atoms in total. The van der Waals surface area contributed by atoms with Crippen LogP contribution in [0.1, 0.15) is 13.3 Å². The molecule has 2 N–H and O–H groups in total. The predicted octanol–water partition coefficient (Wildman–Crippen LogP) is 1.43. The van der Waals surface area contributed by atoms with E-state index in [1.165, 1.54) is 11.1 Å². The maximum absolute atomic E-state index is 5.44. The van der Waals surface area contributed by atoms with E-state index in [-0.39, 0.29) is 0 Å². The molecule has 0 amide bonds. The first kappa shape index (κ1) is 6.56. The number of hydrogen-bond acceptors (Lipinski definition) is 1. The Morgan fingerprint density at radius 1 is 1.67 bits per heavy atom. The summed E-state index contributed by atoms with van der Waals surface area (Å²) in [5.41, 5.74) is 8.03. The molecule has 1 rings (SSSR count). The molecule has 0 spiro atoms. The Bertz CT molecular complexity index is 154. The highest BCUT2D eigenvalue weighted by Crippen LogP contribution is 2.13. The van der Waals surface area contributed by atoms with Crippen molar-refractivity contribution < 1.29 is 0 Å². The van der Waals surface area contributed by atoms with Gasteiger partial charge in [0.25, 0.3) is 0 Å². The van der Waals surface area contributed by atoms with Gasteiger partial charge in [0.15, 0.2) is 0 Å². The maximum Gasteiger partial charge on any atom is 0.0174 e. The monoisotopic (exact) mass is 122 g/mol. The van der Waals surface area contributed by atoms with Crippen LogP contribution in [0, 0.1) is 6.42 Å². The van der Waals surface area contributed by atoms with Crippen LogP contribution in [0.5, 0.6) is 0 Å². The number of nitrogens with two attached hydrogens (primary N) is 1. The molecule has 0 aliphatic heterocycles. The molecule has 1 heteroatoms. The molecular weight excluding hydrogens is 110 g/mol. The van der Waals surface area contributed by atoms with Gasteiger partial charge < -0.3 is 5.73 Å². The minimum atomic E-state index is 0.672. The molecule has 0 aromatic heterocycles. The third-order valence-electron chi connectivity index (χ3n) is 1.47. The average molecular weight is 122 g/mol. The standard InChI is InChI=1S/C8H12N/c1-7-3-2-4-8(5-7)6-9/h3-5H,2,6,9H2,1H3. The van der Waals surface area contributed by atoms with Gasteiger partial charge in [-0.05, 0) is 25.3 Å². The molecule has 0 aromatic rings. The molecule has 0 saturated heterocycles. The normalized spacial score (nSPS) is 18.9. The van der Waals surface area contributed by atoms with Gasteiger partial charge in [0, 0.05) is 6.54 Å². The first-order chi connectivity index (χ1) is 4.33. The van der Waals surface area contributed by atoms with Crippen LogP contribution in [0.15, 0.2) is 23.3 Å². The molecule has 0 atom stereocenters. The second-order valence-electron chi connectivity index (χ2n) is 2.31. The Hall–Kier alpha value is -0.560. The number of hydrogen-bond donors (Lipinski definition) is 1. The van der Waals surface area contributed by atoms with E-state index in [2.05, 4.69) is 25.5 Å². The number of allylic oxidation sites excluding steroid dienone is 2. The zero-order valence-electron chi connectivity index (χ0n) is 5.72. The Morgan fingerprint density at radius 2 is 2.44 bits per heavy atom. The smallest absolute Gasteiger partial charge is 0.0174 e. The fourth-order valence-corrected chi connectivity index (χ4v) is 0.949. The lowest BCUT2D eigenvalue weighted by Crippen LogP contribution is -2.03. The van der Waals surface area contributed by atoms with Crippen molar-refractivity contribution in [2.24, 2.45) is 5.73 Å². The van der Waals surface area contributed by atoms with Gasteiger partial charge in [-0.25, -0.2) is 0 Å². The van der Waals surface area contributed by atoms with Crippen LogP contribution in [0.3, 0.4) is 0 Å². The van der Waals surface area contributed by atoms with Gasteiger partial charge in [-0.2, -0.15) is 0 Å². The zero-order valence-corrected chi connectivity index (χ0v) is 5.72. The van der Waals surface area contributed by atoms with Crippen molar-refractivity contribution >= 4 is 0 Å². The molecule has 0 saturated carbocycles. The molecule has 1 aliphatic carbocycles. The largest absolute Gasteiger partial charge is 0.327 e. The molecule has 0 heterocycles. The van der Waals surface area contributed by atoms with Gasteiger partial charge in [0.1, 0.15) is 0 Å². The van der Waals surface area contributed by atoms with E-state index in [0.717, 1.165) is 6.42 Å². The van der Waals surface area contributed by atoms with Gasteiger partial charge in [-0.15, -0.1) is 0 Å². The highest BCUT2D eigenvalue weighted by Gasteiger charge is 1.98. The van der Waals surface area contributed by atoms with Crippen molar-refractivity contribution in [2.75, 3.05) is 6.54 Å². The summed E-state index contributed by atoms with van der Waals surface area (Å²) in [5.74, 6) is 0. The van der Waals surface area contributed by atoms with Crippen LogP contribution >= 0.6 is 0 Å².